The topological polar surface area (TPSA) is 81.0 Å². The number of nitrogens with one attached hydrogen (secondary N) is 1. The average molecular weight is 338 g/mol. The largest absolute Gasteiger partial charge is 0.468 e. The van der Waals surface area contributed by atoms with Crippen molar-refractivity contribution in [1.82, 2.24) is 9.62 Å². The molecule has 23 heavy (non-hydrogen) atoms. The van der Waals surface area contributed by atoms with Gasteiger partial charge in [-0.3, -0.25) is 4.90 Å². The van der Waals surface area contributed by atoms with Gasteiger partial charge in [-0.05, 0) is 38.4 Å². The Morgan fingerprint density at radius 2 is 2.00 bits per heavy atom. The van der Waals surface area contributed by atoms with Gasteiger partial charge in [0.05, 0.1) is 17.2 Å². The zero-order valence-electron chi connectivity index (χ0n) is 12.9. The number of benzene rings is 1. The van der Waals surface area contributed by atoms with Crippen LogP contribution in [0.3, 0.4) is 0 Å². The predicted octanol–water partition coefficient (Wildman–Crippen LogP) is 1.59. The lowest BCUT2D eigenvalue weighted by molar-refractivity contribution is 0.174. The Kier molecular flexibility index (Phi) is 4.29. The van der Waals surface area contributed by atoms with Gasteiger partial charge in [0, 0.05) is 12.6 Å². The third-order valence-corrected chi connectivity index (χ3v) is 5.04. The molecule has 0 bridgehead atoms. The minimum absolute atomic E-state index is 0.105. The number of furan rings is 1. The van der Waals surface area contributed by atoms with E-state index in [2.05, 4.69) is 4.72 Å². The molecule has 124 valence electrons. The first-order valence-electron chi connectivity index (χ1n) is 7.06. The van der Waals surface area contributed by atoms with Crippen LogP contribution in [-0.2, 0) is 10.0 Å². The number of rotatable bonds is 6. The molecular weight excluding hydrogens is 320 g/mol. The predicted molar refractivity (Wildman–Crippen MR) is 82.9 cm³/mol. The van der Waals surface area contributed by atoms with Crippen molar-refractivity contribution in [1.29, 1.82) is 0 Å². The Bertz CT molecular complexity index is 771. The number of sulfonamides is 1. The van der Waals surface area contributed by atoms with E-state index in [9.17, 15) is 8.42 Å². The molecule has 0 aliphatic carbocycles. The summed E-state index contributed by atoms with van der Waals surface area (Å²) in [5.74, 6) is 1.68. The molecule has 1 aromatic heterocycles. The monoisotopic (exact) mass is 338 g/mol. The van der Waals surface area contributed by atoms with Crippen molar-refractivity contribution in [3.05, 3.63) is 42.4 Å². The van der Waals surface area contributed by atoms with Crippen LogP contribution in [0.15, 0.2) is 45.9 Å². The molecule has 2 aromatic rings. The van der Waals surface area contributed by atoms with Gasteiger partial charge in [-0.25, -0.2) is 13.1 Å². The number of ether oxygens (including phenoxy) is 2. The summed E-state index contributed by atoms with van der Waals surface area (Å²) in [5, 5.41) is 0. The van der Waals surface area contributed by atoms with Crippen molar-refractivity contribution in [2.75, 3.05) is 27.4 Å². The van der Waals surface area contributed by atoms with Gasteiger partial charge >= 0.3 is 0 Å². The van der Waals surface area contributed by atoms with Gasteiger partial charge in [0.1, 0.15) is 5.76 Å². The van der Waals surface area contributed by atoms with Crippen LogP contribution in [0.5, 0.6) is 11.5 Å². The summed E-state index contributed by atoms with van der Waals surface area (Å²) >= 11 is 0. The lowest BCUT2D eigenvalue weighted by Gasteiger charge is -2.22. The van der Waals surface area contributed by atoms with E-state index in [1.54, 1.807) is 18.4 Å². The van der Waals surface area contributed by atoms with E-state index in [4.69, 9.17) is 13.9 Å². The number of hydrogen-bond donors (Lipinski definition) is 1. The first kappa shape index (κ1) is 15.9. The molecule has 1 aliphatic rings. The molecule has 1 aliphatic heterocycles. The van der Waals surface area contributed by atoms with Gasteiger partial charge in [0.2, 0.25) is 16.8 Å². The van der Waals surface area contributed by atoms with Crippen LogP contribution >= 0.6 is 0 Å². The van der Waals surface area contributed by atoms with E-state index in [0.717, 1.165) is 0 Å². The maximum absolute atomic E-state index is 12.5. The lowest BCUT2D eigenvalue weighted by atomic mass is 10.2. The summed E-state index contributed by atoms with van der Waals surface area (Å²) in [7, 11) is 0.0709. The number of fused-ring (bicyclic) bond motifs is 1. The summed E-state index contributed by atoms with van der Waals surface area (Å²) < 4.78 is 43.3. The van der Waals surface area contributed by atoms with E-state index in [0.29, 0.717) is 17.3 Å². The summed E-state index contributed by atoms with van der Waals surface area (Å²) in [6, 6.07) is 7.94. The molecule has 1 unspecified atom stereocenters. The second kappa shape index (κ2) is 6.23. The zero-order valence-corrected chi connectivity index (χ0v) is 13.7. The first-order valence-corrected chi connectivity index (χ1v) is 8.55. The van der Waals surface area contributed by atoms with Crippen LogP contribution in [0.25, 0.3) is 0 Å². The highest BCUT2D eigenvalue weighted by atomic mass is 32.2. The molecule has 8 heteroatoms. The number of likely N-dealkylation sites (N-methyl/N-ethyl adjacent to an activating group) is 1. The fourth-order valence-corrected chi connectivity index (χ4v) is 3.39. The molecule has 0 saturated heterocycles. The van der Waals surface area contributed by atoms with Crippen LogP contribution in [0.1, 0.15) is 11.8 Å². The summed E-state index contributed by atoms with van der Waals surface area (Å²) in [5.41, 5.74) is 0. The van der Waals surface area contributed by atoms with E-state index in [1.165, 1.54) is 12.1 Å². The van der Waals surface area contributed by atoms with Crippen molar-refractivity contribution < 1.29 is 22.3 Å². The summed E-state index contributed by atoms with van der Waals surface area (Å²) in [4.78, 5) is 2.03. The van der Waals surface area contributed by atoms with Crippen molar-refractivity contribution >= 4 is 10.0 Å². The Hall–Kier alpha value is -2.03. The van der Waals surface area contributed by atoms with Crippen LogP contribution in [-0.4, -0.2) is 40.8 Å². The second-order valence-electron chi connectivity index (χ2n) is 5.36. The van der Waals surface area contributed by atoms with Crippen LogP contribution in [0.4, 0.5) is 0 Å². The molecule has 1 aromatic carbocycles. The maximum atomic E-state index is 12.5. The van der Waals surface area contributed by atoms with Gasteiger partial charge in [0.15, 0.2) is 11.5 Å². The highest BCUT2D eigenvalue weighted by molar-refractivity contribution is 7.89. The summed E-state index contributed by atoms with van der Waals surface area (Å²) in [6.45, 7) is 0.296. The molecule has 3 rings (SSSR count). The Balaban J connectivity index is 1.76. The molecular formula is C15H18N2O5S. The van der Waals surface area contributed by atoms with Gasteiger partial charge < -0.3 is 13.9 Å². The van der Waals surface area contributed by atoms with Crippen molar-refractivity contribution in [2.45, 2.75) is 10.9 Å². The highest BCUT2D eigenvalue weighted by Crippen LogP contribution is 2.33. The average Bonchev–Trinajstić information content (AvgIpc) is 3.17. The van der Waals surface area contributed by atoms with Crippen molar-refractivity contribution in [2.24, 2.45) is 0 Å². The molecule has 0 radical (unpaired) electrons. The third-order valence-electron chi connectivity index (χ3n) is 3.62. The molecule has 2 heterocycles. The smallest absolute Gasteiger partial charge is 0.240 e. The van der Waals surface area contributed by atoms with E-state index in [-0.39, 0.29) is 24.3 Å². The fourth-order valence-electron chi connectivity index (χ4n) is 2.33. The fraction of sp³-hybridized carbons (Fsp3) is 0.333. The molecule has 1 atom stereocenters. The Morgan fingerprint density at radius 3 is 2.70 bits per heavy atom. The normalized spacial score (nSPS) is 15.1. The quantitative estimate of drug-likeness (QED) is 0.861. The van der Waals surface area contributed by atoms with Gasteiger partial charge in [-0.15, -0.1) is 0 Å². The van der Waals surface area contributed by atoms with Gasteiger partial charge in [-0.1, -0.05) is 0 Å². The Labute approximate surface area is 134 Å². The molecule has 0 amide bonds. The SMILES string of the molecule is CN(C)C(CNS(=O)(=O)c1ccc2c(c1)OCO2)c1ccco1. The molecule has 0 spiro atoms. The van der Waals surface area contributed by atoms with Crippen LogP contribution in [0.2, 0.25) is 0 Å². The summed E-state index contributed by atoms with van der Waals surface area (Å²) in [6.07, 6.45) is 1.57. The van der Waals surface area contributed by atoms with Crippen molar-refractivity contribution in [3.63, 3.8) is 0 Å². The van der Waals surface area contributed by atoms with Gasteiger partial charge in [0.25, 0.3) is 0 Å². The minimum atomic E-state index is -3.66. The standard InChI is InChI=1S/C15H18N2O5S/c1-17(2)12(13-4-3-7-20-13)9-16-23(18,19)11-5-6-14-15(8-11)22-10-21-14/h3-8,12,16H,9-10H2,1-2H3. The lowest BCUT2D eigenvalue weighted by Crippen LogP contribution is -2.34. The van der Waals surface area contributed by atoms with Gasteiger partial charge in [-0.2, -0.15) is 0 Å². The molecule has 7 nitrogen and oxygen atoms in total. The third kappa shape index (κ3) is 3.34. The maximum Gasteiger partial charge on any atom is 0.240 e. The van der Waals surface area contributed by atoms with E-state index in [1.807, 2.05) is 25.1 Å². The Morgan fingerprint density at radius 1 is 1.22 bits per heavy atom. The molecule has 1 N–H and O–H groups in total. The number of hydrogen-bond acceptors (Lipinski definition) is 6. The molecule has 0 fully saturated rings. The molecule has 0 saturated carbocycles. The van der Waals surface area contributed by atoms with E-state index >= 15 is 0 Å². The highest BCUT2D eigenvalue weighted by Gasteiger charge is 2.23. The number of nitrogens with zero attached hydrogens (tertiary/aromatic N) is 1. The minimum Gasteiger partial charge on any atom is -0.468 e. The zero-order chi connectivity index (χ0) is 16.4. The van der Waals surface area contributed by atoms with Crippen LogP contribution < -0.4 is 14.2 Å². The van der Waals surface area contributed by atoms with E-state index < -0.39 is 10.0 Å². The second-order valence-corrected chi connectivity index (χ2v) is 7.13. The van der Waals surface area contributed by atoms with Crippen molar-refractivity contribution in [3.8, 4) is 11.5 Å². The first-order chi connectivity index (χ1) is 11.0. The van der Waals surface area contributed by atoms with Crippen LogP contribution in [0, 0.1) is 0 Å².